The third kappa shape index (κ3) is 3.08. The number of aromatic nitrogens is 2. The Kier molecular flexibility index (Phi) is 3.81. The van der Waals surface area contributed by atoms with E-state index < -0.39 is 5.82 Å². The molecule has 17 heavy (non-hydrogen) atoms. The van der Waals surface area contributed by atoms with Crippen LogP contribution in [0.15, 0.2) is 40.4 Å². The second-order valence-electron chi connectivity index (χ2n) is 3.16. The minimum absolute atomic E-state index is 0.270. The van der Waals surface area contributed by atoms with E-state index in [1.54, 1.807) is 19.2 Å². The summed E-state index contributed by atoms with van der Waals surface area (Å²) in [4.78, 5) is 8.65. The molecule has 6 heteroatoms. The molecule has 0 aliphatic heterocycles. The zero-order valence-corrected chi connectivity index (χ0v) is 10.5. The van der Waals surface area contributed by atoms with E-state index >= 15 is 0 Å². The summed E-state index contributed by atoms with van der Waals surface area (Å²) >= 11 is 7.06. The van der Waals surface area contributed by atoms with Crippen LogP contribution in [0, 0.1) is 5.82 Å². The molecule has 2 rings (SSSR count). The maximum atomic E-state index is 13.5. The van der Waals surface area contributed by atoms with Gasteiger partial charge in [-0.3, -0.25) is 0 Å². The zero-order valence-electron chi connectivity index (χ0n) is 8.95. The van der Waals surface area contributed by atoms with Crippen LogP contribution in [-0.2, 0) is 0 Å². The molecule has 1 aromatic heterocycles. The van der Waals surface area contributed by atoms with Crippen LogP contribution >= 0.6 is 23.4 Å². The van der Waals surface area contributed by atoms with Crippen molar-refractivity contribution in [2.24, 2.45) is 0 Å². The molecular weight excluding hydrogens is 261 g/mol. The van der Waals surface area contributed by atoms with Crippen molar-refractivity contribution in [2.45, 2.75) is 9.92 Å². The molecule has 88 valence electrons. The molecule has 0 spiro atoms. The van der Waals surface area contributed by atoms with Gasteiger partial charge in [0.15, 0.2) is 5.82 Å². The molecule has 0 amide bonds. The monoisotopic (exact) mass is 269 g/mol. The first-order chi connectivity index (χ1) is 8.19. The van der Waals surface area contributed by atoms with E-state index in [2.05, 4.69) is 15.3 Å². The molecule has 0 radical (unpaired) electrons. The normalized spacial score (nSPS) is 10.3. The van der Waals surface area contributed by atoms with E-state index in [9.17, 15) is 4.39 Å². The van der Waals surface area contributed by atoms with E-state index in [0.717, 1.165) is 11.1 Å². The summed E-state index contributed by atoms with van der Waals surface area (Å²) in [5.41, 5.74) is 0. The first kappa shape index (κ1) is 12.1. The molecule has 2 aromatic rings. The third-order valence-electron chi connectivity index (χ3n) is 1.95. The number of nitrogens with zero attached hydrogens (tertiary/aromatic N) is 2. The van der Waals surface area contributed by atoms with Crippen LogP contribution in [0.25, 0.3) is 0 Å². The third-order valence-corrected chi connectivity index (χ3v) is 3.15. The molecular formula is C11H9ClFN3S. The van der Waals surface area contributed by atoms with Crippen molar-refractivity contribution in [3.8, 4) is 0 Å². The highest BCUT2D eigenvalue weighted by Gasteiger charge is 2.08. The van der Waals surface area contributed by atoms with Crippen LogP contribution in [0.4, 0.5) is 10.3 Å². The van der Waals surface area contributed by atoms with Crippen LogP contribution in [-0.4, -0.2) is 17.0 Å². The summed E-state index contributed by atoms with van der Waals surface area (Å²) in [6.45, 7) is 0. The average molecular weight is 270 g/mol. The van der Waals surface area contributed by atoms with E-state index in [1.165, 1.54) is 11.8 Å². The number of hydrogen-bond donors (Lipinski definition) is 1. The summed E-state index contributed by atoms with van der Waals surface area (Å²) in [7, 11) is 1.68. The molecule has 0 fully saturated rings. The van der Waals surface area contributed by atoms with Gasteiger partial charge in [0.2, 0.25) is 5.95 Å². The molecule has 3 nitrogen and oxygen atoms in total. The highest BCUT2D eigenvalue weighted by atomic mass is 35.5. The van der Waals surface area contributed by atoms with E-state index in [1.807, 2.05) is 12.1 Å². The van der Waals surface area contributed by atoms with Crippen LogP contribution in [0.5, 0.6) is 0 Å². The van der Waals surface area contributed by atoms with Crippen LogP contribution in [0.2, 0.25) is 5.02 Å². The van der Waals surface area contributed by atoms with Gasteiger partial charge in [0, 0.05) is 17.0 Å². The summed E-state index contributed by atoms with van der Waals surface area (Å²) < 4.78 is 13.5. The number of nitrogens with one attached hydrogen (secondary N) is 1. The highest BCUT2D eigenvalue weighted by molar-refractivity contribution is 7.99. The molecule has 0 unspecified atom stereocenters. The van der Waals surface area contributed by atoms with Gasteiger partial charge in [-0.1, -0.05) is 29.4 Å². The highest BCUT2D eigenvalue weighted by Crippen LogP contribution is 2.29. The Morgan fingerprint density at radius 1 is 1.41 bits per heavy atom. The fourth-order valence-corrected chi connectivity index (χ4v) is 2.28. The lowest BCUT2D eigenvalue weighted by Crippen LogP contribution is -1.98. The molecule has 0 aliphatic carbocycles. The van der Waals surface area contributed by atoms with Crippen molar-refractivity contribution in [1.29, 1.82) is 0 Å². The molecule has 1 aromatic carbocycles. The average Bonchev–Trinajstić information content (AvgIpc) is 2.32. The first-order valence-electron chi connectivity index (χ1n) is 4.83. The number of halogens is 2. The Morgan fingerprint density at radius 3 is 2.94 bits per heavy atom. The minimum atomic E-state index is -0.450. The molecule has 0 saturated heterocycles. The van der Waals surface area contributed by atoms with Gasteiger partial charge in [-0.25, -0.2) is 14.4 Å². The van der Waals surface area contributed by atoms with E-state index in [4.69, 9.17) is 11.6 Å². The minimum Gasteiger partial charge on any atom is -0.357 e. The Hall–Kier alpha value is -1.33. The summed E-state index contributed by atoms with van der Waals surface area (Å²) in [6, 6.07) is 7.17. The van der Waals surface area contributed by atoms with Gasteiger partial charge < -0.3 is 5.32 Å². The number of rotatable bonds is 3. The lowest BCUT2D eigenvalue weighted by molar-refractivity contribution is 0.580. The lowest BCUT2D eigenvalue weighted by atomic mass is 10.4. The predicted octanol–water partition coefficient (Wildman–Crippen LogP) is 3.46. The molecule has 0 bridgehead atoms. The van der Waals surface area contributed by atoms with Crippen molar-refractivity contribution >= 4 is 29.3 Å². The Bertz CT molecular complexity index is 536. The molecule has 1 N–H and O–H groups in total. The van der Waals surface area contributed by atoms with Crippen molar-refractivity contribution in [3.05, 3.63) is 41.3 Å². The fourth-order valence-electron chi connectivity index (χ4n) is 1.19. The quantitative estimate of drug-likeness (QED) is 0.866. The first-order valence-corrected chi connectivity index (χ1v) is 6.02. The van der Waals surface area contributed by atoms with Gasteiger partial charge in [0.1, 0.15) is 5.03 Å². The summed E-state index contributed by atoms with van der Waals surface area (Å²) in [6.07, 6.45) is 1.14. The number of hydrogen-bond acceptors (Lipinski definition) is 4. The Balaban J connectivity index is 2.29. The van der Waals surface area contributed by atoms with Crippen molar-refractivity contribution in [1.82, 2.24) is 9.97 Å². The van der Waals surface area contributed by atoms with Gasteiger partial charge in [0.05, 0.1) is 6.20 Å². The van der Waals surface area contributed by atoms with Gasteiger partial charge in [0.25, 0.3) is 0 Å². The maximum Gasteiger partial charge on any atom is 0.223 e. The predicted molar refractivity (Wildman–Crippen MR) is 67.1 cm³/mol. The lowest BCUT2D eigenvalue weighted by Gasteiger charge is -2.04. The molecule has 0 saturated carbocycles. The topological polar surface area (TPSA) is 37.8 Å². The van der Waals surface area contributed by atoms with Gasteiger partial charge in [-0.15, -0.1) is 0 Å². The van der Waals surface area contributed by atoms with Gasteiger partial charge in [-0.2, -0.15) is 0 Å². The van der Waals surface area contributed by atoms with Crippen LogP contribution in [0.3, 0.4) is 0 Å². The van der Waals surface area contributed by atoms with E-state index in [0.29, 0.717) is 11.0 Å². The SMILES string of the molecule is CNc1ncc(F)c(Sc2cccc(Cl)c2)n1. The number of anilines is 1. The zero-order chi connectivity index (χ0) is 12.3. The summed E-state index contributed by atoms with van der Waals surface area (Å²) in [5.74, 6) is -0.0649. The fraction of sp³-hybridized carbons (Fsp3) is 0.0909. The maximum absolute atomic E-state index is 13.5. The van der Waals surface area contributed by atoms with Crippen molar-refractivity contribution < 1.29 is 4.39 Å². The Labute approximate surface area is 107 Å². The summed E-state index contributed by atoms with van der Waals surface area (Å²) in [5, 5.41) is 3.64. The Morgan fingerprint density at radius 2 is 2.24 bits per heavy atom. The van der Waals surface area contributed by atoms with Crippen molar-refractivity contribution in [2.75, 3.05) is 12.4 Å². The second-order valence-corrected chi connectivity index (χ2v) is 4.65. The molecule has 0 aliphatic rings. The molecule has 0 atom stereocenters. The van der Waals surface area contributed by atoms with Crippen molar-refractivity contribution in [3.63, 3.8) is 0 Å². The van der Waals surface area contributed by atoms with E-state index in [-0.39, 0.29) is 5.03 Å². The second kappa shape index (κ2) is 5.33. The van der Waals surface area contributed by atoms with Crippen LogP contribution in [0.1, 0.15) is 0 Å². The van der Waals surface area contributed by atoms with Gasteiger partial charge in [-0.05, 0) is 18.2 Å². The smallest absolute Gasteiger partial charge is 0.223 e. The molecule has 1 heterocycles. The standard InChI is InChI=1S/C11H9ClFN3S/c1-14-11-15-6-9(13)10(16-11)17-8-4-2-3-7(12)5-8/h2-6H,1H3,(H,14,15,16). The largest absolute Gasteiger partial charge is 0.357 e. The number of benzene rings is 1. The van der Waals surface area contributed by atoms with Gasteiger partial charge >= 0.3 is 0 Å². The van der Waals surface area contributed by atoms with Crippen LogP contribution < -0.4 is 5.32 Å².